The zero-order chi connectivity index (χ0) is 14.7. The van der Waals surface area contributed by atoms with Crippen molar-refractivity contribution in [2.45, 2.75) is 5.88 Å². The van der Waals surface area contributed by atoms with E-state index in [4.69, 9.17) is 16.3 Å². The first kappa shape index (κ1) is 13.5. The highest BCUT2D eigenvalue weighted by Crippen LogP contribution is 2.22. The van der Waals surface area contributed by atoms with E-state index in [1.54, 1.807) is 0 Å². The number of alkyl halides is 1. The summed E-state index contributed by atoms with van der Waals surface area (Å²) in [5.41, 5.74) is 1.13. The zero-order valence-corrected chi connectivity index (χ0v) is 11.5. The van der Waals surface area contributed by atoms with Gasteiger partial charge in [0.05, 0.1) is 11.6 Å². The van der Waals surface area contributed by atoms with E-state index in [0.29, 0.717) is 5.56 Å². The highest BCUT2D eigenvalue weighted by atomic mass is 35.5. The standard InChI is InChI=1S/C14H10ClFN4O/c15-8-10-6-7-17-13(12(10)16)21-14-18-9-20(19-14)11-4-2-1-3-5-11/h1-7,9H,8H2. The second-order valence-corrected chi connectivity index (χ2v) is 4.40. The number of benzene rings is 1. The van der Waals surface area contributed by atoms with Crippen LogP contribution in [0.1, 0.15) is 5.56 Å². The number of halogens is 2. The first-order valence-corrected chi connectivity index (χ1v) is 6.65. The van der Waals surface area contributed by atoms with E-state index in [9.17, 15) is 4.39 Å². The fourth-order valence-corrected chi connectivity index (χ4v) is 1.93. The van der Waals surface area contributed by atoms with Gasteiger partial charge in [-0.05, 0) is 18.2 Å². The minimum atomic E-state index is -0.608. The van der Waals surface area contributed by atoms with Gasteiger partial charge in [0.1, 0.15) is 6.33 Å². The van der Waals surface area contributed by atoms with Gasteiger partial charge in [0, 0.05) is 11.8 Å². The Hall–Kier alpha value is -2.47. The van der Waals surface area contributed by atoms with E-state index >= 15 is 0 Å². The molecule has 3 rings (SSSR count). The third-order valence-corrected chi connectivity index (χ3v) is 3.05. The molecule has 3 aromatic rings. The van der Waals surface area contributed by atoms with E-state index < -0.39 is 5.82 Å². The van der Waals surface area contributed by atoms with Crippen LogP contribution in [-0.4, -0.2) is 19.7 Å². The molecule has 5 nitrogen and oxygen atoms in total. The number of pyridine rings is 1. The van der Waals surface area contributed by atoms with Crippen LogP contribution in [0.5, 0.6) is 11.9 Å². The van der Waals surface area contributed by atoms with Crippen molar-refractivity contribution in [3.63, 3.8) is 0 Å². The molecule has 0 saturated carbocycles. The van der Waals surface area contributed by atoms with Crippen LogP contribution in [0.15, 0.2) is 48.9 Å². The number of aromatic nitrogens is 4. The topological polar surface area (TPSA) is 52.8 Å². The first-order chi connectivity index (χ1) is 10.3. The molecule has 0 unspecified atom stereocenters. The predicted octanol–water partition coefficient (Wildman–Crippen LogP) is 3.33. The summed E-state index contributed by atoms with van der Waals surface area (Å²) in [6.45, 7) is 0. The van der Waals surface area contributed by atoms with E-state index in [1.807, 2.05) is 30.3 Å². The lowest BCUT2D eigenvalue weighted by Crippen LogP contribution is -1.98. The second-order valence-electron chi connectivity index (χ2n) is 4.13. The summed E-state index contributed by atoms with van der Waals surface area (Å²) in [7, 11) is 0. The highest BCUT2D eigenvalue weighted by Gasteiger charge is 2.13. The highest BCUT2D eigenvalue weighted by molar-refractivity contribution is 6.17. The molecule has 2 heterocycles. The molecule has 0 spiro atoms. The predicted molar refractivity (Wildman–Crippen MR) is 75.2 cm³/mol. The minimum absolute atomic E-state index is 0.0111. The van der Waals surface area contributed by atoms with Gasteiger partial charge in [-0.25, -0.2) is 14.1 Å². The van der Waals surface area contributed by atoms with Crippen LogP contribution in [0, 0.1) is 5.82 Å². The average molecular weight is 305 g/mol. The summed E-state index contributed by atoms with van der Waals surface area (Å²) in [6, 6.07) is 10.9. The van der Waals surface area contributed by atoms with Crippen LogP contribution in [0.4, 0.5) is 4.39 Å². The number of hydrogen-bond acceptors (Lipinski definition) is 4. The zero-order valence-electron chi connectivity index (χ0n) is 10.8. The van der Waals surface area contributed by atoms with Crippen LogP contribution in [0.3, 0.4) is 0 Å². The quantitative estimate of drug-likeness (QED) is 0.694. The summed E-state index contributed by atoms with van der Waals surface area (Å²) in [5, 5.41) is 4.12. The Morgan fingerprint density at radius 2 is 1.95 bits per heavy atom. The lowest BCUT2D eigenvalue weighted by molar-refractivity contribution is 0.391. The van der Waals surface area contributed by atoms with Gasteiger partial charge >= 0.3 is 6.01 Å². The van der Waals surface area contributed by atoms with Crippen LogP contribution >= 0.6 is 11.6 Å². The number of hydrogen-bond donors (Lipinski definition) is 0. The van der Waals surface area contributed by atoms with Gasteiger partial charge in [-0.2, -0.15) is 4.98 Å². The SMILES string of the molecule is Fc1c(CCl)ccnc1Oc1ncn(-c2ccccc2)n1. The number of para-hydroxylation sites is 1. The number of nitrogens with zero attached hydrogens (tertiary/aromatic N) is 4. The van der Waals surface area contributed by atoms with Gasteiger partial charge in [-0.15, -0.1) is 16.7 Å². The Kier molecular flexibility index (Phi) is 3.79. The molecule has 0 aliphatic rings. The van der Waals surface area contributed by atoms with Crippen molar-refractivity contribution in [3.05, 3.63) is 60.3 Å². The Labute approximate surface area is 125 Å². The van der Waals surface area contributed by atoms with E-state index in [1.165, 1.54) is 23.3 Å². The molecule has 0 bridgehead atoms. The van der Waals surface area contributed by atoms with Gasteiger partial charge in [-0.1, -0.05) is 18.2 Å². The van der Waals surface area contributed by atoms with Crippen molar-refractivity contribution >= 4 is 11.6 Å². The maximum atomic E-state index is 14.0. The Bertz CT molecular complexity index is 748. The molecule has 21 heavy (non-hydrogen) atoms. The van der Waals surface area contributed by atoms with Gasteiger partial charge in [0.2, 0.25) is 0 Å². The van der Waals surface area contributed by atoms with Crippen LogP contribution in [-0.2, 0) is 5.88 Å². The molecule has 1 aromatic carbocycles. The molecule has 7 heteroatoms. The summed E-state index contributed by atoms with van der Waals surface area (Å²) in [5.74, 6) is -0.765. The Balaban J connectivity index is 1.85. The van der Waals surface area contributed by atoms with Crippen molar-refractivity contribution in [1.82, 2.24) is 19.7 Å². The van der Waals surface area contributed by atoms with Crippen LogP contribution in [0.2, 0.25) is 0 Å². The molecule has 2 aromatic heterocycles. The minimum Gasteiger partial charge on any atom is -0.401 e. The van der Waals surface area contributed by atoms with Crippen molar-refractivity contribution in [1.29, 1.82) is 0 Å². The fraction of sp³-hybridized carbons (Fsp3) is 0.0714. The normalized spacial score (nSPS) is 10.6. The third-order valence-electron chi connectivity index (χ3n) is 2.76. The van der Waals surface area contributed by atoms with E-state index in [0.717, 1.165) is 5.69 Å². The van der Waals surface area contributed by atoms with Gasteiger partial charge in [0.25, 0.3) is 5.88 Å². The van der Waals surface area contributed by atoms with Crippen LogP contribution < -0.4 is 4.74 Å². The summed E-state index contributed by atoms with van der Waals surface area (Å²) < 4.78 is 20.7. The molecule has 0 N–H and O–H groups in total. The largest absolute Gasteiger partial charge is 0.401 e. The molecule has 0 atom stereocenters. The molecule has 0 fully saturated rings. The molecule has 0 aliphatic heterocycles. The van der Waals surface area contributed by atoms with Crippen molar-refractivity contribution in [2.24, 2.45) is 0 Å². The Morgan fingerprint density at radius 1 is 1.14 bits per heavy atom. The van der Waals surface area contributed by atoms with E-state index in [-0.39, 0.29) is 17.8 Å². The van der Waals surface area contributed by atoms with E-state index in [2.05, 4.69) is 15.1 Å². The molecule has 0 saturated heterocycles. The van der Waals surface area contributed by atoms with Crippen molar-refractivity contribution in [3.8, 4) is 17.6 Å². The third kappa shape index (κ3) is 2.85. The monoisotopic (exact) mass is 304 g/mol. The van der Waals surface area contributed by atoms with Gasteiger partial charge in [-0.3, -0.25) is 0 Å². The molecule has 0 amide bonds. The summed E-state index contributed by atoms with van der Waals surface area (Å²) in [6.07, 6.45) is 2.90. The molecular weight excluding hydrogens is 295 g/mol. The lowest BCUT2D eigenvalue weighted by atomic mass is 10.3. The summed E-state index contributed by atoms with van der Waals surface area (Å²) >= 11 is 5.63. The summed E-state index contributed by atoms with van der Waals surface area (Å²) in [4.78, 5) is 7.79. The first-order valence-electron chi connectivity index (χ1n) is 6.12. The van der Waals surface area contributed by atoms with Crippen LogP contribution in [0.25, 0.3) is 5.69 Å². The molecule has 0 radical (unpaired) electrons. The second kappa shape index (κ2) is 5.88. The van der Waals surface area contributed by atoms with Crippen molar-refractivity contribution < 1.29 is 9.13 Å². The fourth-order valence-electron chi connectivity index (χ4n) is 1.72. The smallest absolute Gasteiger partial charge is 0.342 e. The Morgan fingerprint density at radius 3 is 2.71 bits per heavy atom. The van der Waals surface area contributed by atoms with Crippen molar-refractivity contribution in [2.75, 3.05) is 0 Å². The maximum absolute atomic E-state index is 14.0. The molecule has 0 aliphatic carbocycles. The molecular formula is C14H10ClFN4O. The van der Waals surface area contributed by atoms with Gasteiger partial charge in [0.15, 0.2) is 5.82 Å². The number of rotatable bonds is 4. The maximum Gasteiger partial charge on any atom is 0.342 e. The number of ether oxygens (including phenoxy) is 1. The average Bonchev–Trinajstić information content (AvgIpc) is 2.99. The lowest BCUT2D eigenvalue weighted by Gasteiger charge is -2.04. The molecule has 106 valence electrons. The van der Waals surface area contributed by atoms with Gasteiger partial charge < -0.3 is 4.74 Å².